The summed E-state index contributed by atoms with van der Waals surface area (Å²) >= 11 is 0. The highest BCUT2D eigenvalue weighted by atomic mass is 16.5. The molecule has 0 spiro atoms. The lowest BCUT2D eigenvalue weighted by Gasteiger charge is -2.38. The van der Waals surface area contributed by atoms with E-state index in [9.17, 15) is 14.9 Å². The van der Waals surface area contributed by atoms with Gasteiger partial charge in [0.2, 0.25) is 0 Å². The number of nitriles is 1. The molecule has 3 aromatic rings. The van der Waals surface area contributed by atoms with E-state index >= 15 is 0 Å². The van der Waals surface area contributed by atoms with Crippen LogP contribution in [0.3, 0.4) is 0 Å². The van der Waals surface area contributed by atoms with Crippen molar-refractivity contribution in [2.75, 3.05) is 33.9 Å². The van der Waals surface area contributed by atoms with E-state index in [0.717, 1.165) is 78.2 Å². The zero-order valence-electron chi connectivity index (χ0n) is 31.3. The summed E-state index contributed by atoms with van der Waals surface area (Å²) in [5, 5.41) is 13.6. The van der Waals surface area contributed by atoms with E-state index in [1.165, 1.54) is 16.7 Å². The van der Waals surface area contributed by atoms with Gasteiger partial charge in [0.1, 0.15) is 23.1 Å². The number of carbonyl (C=O) groups is 1. The van der Waals surface area contributed by atoms with Crippen molar-refractivity contribution in [3.05, 3.63) is 91.9 Å². The van der Waals surface area contributed by atoms with Crippen LogP contribution < -0.4 is 20.3 Å². The van der Waals surface area contributed by atoms with E-state index in [1.54, 1.807) is 31.9 Å². The number of carbonyl (C=O) groups excluding carboxylic acids is 1. The summed E-state index contributed by atoms with van der Waals surface area (Å²) in [4.78, 5) is 30.3. The van der Waals surface area contributed by atoms with E-state index in [0.29, 0.717) is 19.1 Å². The van der Waals surface area contributed by atoms with Crippen molar-refractivity contribution in [3.8, 4) is 28.7 Å². The molecule has 1 saturated heterocycles. The molecule has 1 N–H and O–H groups in total. The summed E-state index contributed by atoms with van der Waals surface area (Å²) < 4.78 is 13.4. The lowest BCUT2D eigenvalue weighted by molar-refractivity contribution is -0.129. The lowest BCUT2D eigenvalue weighted by atomic mass is 9.88. The van der Waals surface area contributed by atoms with Gasteiger partial charge < -0.3 is 24.3 Å². The molecule has 9 nitrogen and oxygen atoms in total. The Balaban J connectivity index is 1.28. The number of amides is 1. The van der Waals surface area contributed by atoms with Crippen LogP contribution in [0.1, 0.15) is 80.0 Å². The van der Waals surface area contributed by atoms with Crippen LogP contribution in [-0.2, 0) is 31.4 Å². The summed E-state index contributed by atoms with van der Waals surface area (Å²) in [6, 6.07) is 12.9. The molecule has 0 saturated carbocycles. The zero-order chi connectivity index (χ0) is 36.3. The largest absolute Gasteiger partial charge is 0.496 e. The third-order valence-corrected chi connectivity index (χ3v) is 10.3. The van der Waals surface area contributed by atoms with E-state index in [1.807, 2.05) is 57.8 Å². The summed E-state index contributed by atoms with van der Waals surface area (Å²) in [5.74, 6) is 1.31. The number of methoxy groups -OCH3 is 2. The van der Waals surface area contributed by atoms with Gasteiger partial charge >= 0.3 is 0 Å². The van der Waals surface area contributed by atoms with Crippen LogP contribution in [0.4, 0.5) is 0 Å². The SMILES string of the molecule is COc1cc(-c2cn(C)c(=O)c(C)c2C)cc(OC)c1CNC1CCCN(Cc2cccc3c2CCN(C(=O)/C(C#N)=C/C(C)(C)C)C3C)C1. The van der Waals surface area contributed by atoms with Gasteiger partial charge in [0.15, 0.2) is 0 Å². The van der Waals surface area contributed by atoms with Crippen molar-refractivity contribution in [1.29, 1.82) is 5.26 Å². The van der Waals surface area contributed by atoms with E-state index in [2.05, 4.69) is 41.4 Å². The molecule has 2 aromatic carbocycles. The smallest absolute Gasteiger partial charge is 0.264 e. The fourth-order valence-electron chi connectivity index (χ4n) is 7.53. The number of hydrogen-bond donors (Lipinski definition) is 1. The molecule has 1 fully saturated rings. The van der Waals surface area contributed by atoms with Crippen LogP contribution in [0.2, 0.25) is 0 Å². The monoisotopic (exact) mass is 679 g/mol. The Hall–Kier alpha value is -4.39. The molecule has 2 unspecified atom stereocenters. The normalized spacial score (nSPS) is 18.4. The quantitative estimate of drug-likeness (QED) is 0.207. The molecular formula is C41H53N5O4. The molecule has 9 heteroatoms. The van der Waals surface area contributed by atoms with Gasteiger partial charge in [0, 0.05) is 62.2 Å². The lowest BCUT2D eigenvalue weighted by Crippen LogP contribution is -2.45. The first-order valence-corrected chi connectivity index (χ1v) is 17.7. The van der Waals surface area contributed by atoms with Crippen LogP contribution in [0.5, 0.6) is 11.5 Å². The minimum absolute atomic E-state index is 0.00667. The first-order valence-electron chi connectivity index (χ1n) is 17.7. The molecule has 50 heavy (non-hydrogen) atoms. The summed E-state index contributed by atoms with van der Waals surface area (Å²) in [6.45, 7) is 15.9. The highest BCUT2D eigenvalue weighted by Crippen LogP contribution is 2.37. The van der Waals surface area contributed by atoms with E-state index < -0.39 is 0 Å². The van der Waals surface area contributed by atoms with Crippen LogP contribution in [-0.4, -0.2) is 60.2 Å². The molecule has 0 aliphatic carbocycles. The van der Waals surface area contributed by atoms with Gasteiger partial charge in [0.05, 0.1) is 20.3 Å². The Bertz CT molecular complexity index is 1850. The molecule has 3 heterocycles. The van der Waals surface area contributed by atoms with E-state index in [-0.39, 0.29) is 28.5 Å². The molecule has 5 rings (SSSR count). The van der Waals surface area contributed by atoms with Gasteiger partial charge in [-0.3, -0.25) is 14.5 Å². The van der Waals surface area contributed by atoms with Gasteiger partial charge in [-0.2, -0.15) is 5.26 Å². The number of likely N-dealkylation sites (tertiary alicyclic amines) is 1. The number of aryl methyl sites for hydroxylation is 1. The van der Waals surface area contributed by atoms with Crippen molar-refractivity contribution in [2.24, 2.45) is 12.5 Å². The van der Waals surface area contributed by atoms with Crippen molar-refractivity contribution in [3.63, 3.8) is 0 Å². The van der Waals surface area contributed by atoms with Gasteiger partial charge in [0.25, 0.3) is 11.5 Å². The average molecular weight is 680 g/mol. The third kappa shape index (κ3) is 7.82. The molecule has 266 valence electrons. The Morgan fingerprint density at radius 3 is 2.44 bits per heavy atom. The first-order chi connectivity index (χ1) is 23.8. The Kier molecular flexibility index (Phi) is 11.2. The number of benzene rings is 2. The molecule has 2 aliphatic rings. The highest BCUT2D eigenvalue weighted by molar-refractivity contribution is 5.97. The van der Waals surface area contributed by atoms with Crippen molar-refractivity contribution in [1.82, 2.24) is 19.7 Å². The summed E-state index contributed by atoms with van der Waals surface area (Å²) in [6.07, 6.45) is 6.62. The maximum atomic E-state index is 13.4. The number of pyridine rings is 1. The molecule has 1 amide bonds. The van der Waals surface area contributed by atoms with Crippen LogP contribution in [0.25, 0.3) is 11.1 Å². The number of allylic oxidation sites excluding steroid dienone is 1. The predicted molar refractivity (Wildman–Crippen MR) is 198 cm³/mol. The number of rotatable bonds is 9. The van der Waals surface area contributed by atoms with Crippen LogP contribution >= 0.6 is 0 Å². The van der Waals surface area contributed by atoms with E-state index in [4.69, 9.17) is 9.47 Å². The molecule has 2 atom stereocenters. The zero-order valence-corrected chi connectivity index (χ0v) is 31.3. The van der Waals surface area contributed by atoms with Crippen LogP contribution in [0, 0.1) is 30.6 Å². The van der Waals surface area contributed by atoms with Gasteiger partial charge in [-0.15, -0.1) is 0 Å². The second kappa shape index (κ2) is 15.2. The summed E-state index contributed by atoms with van der Waals surface area (Å²) in [5.41, 5.74) is 8.37. The number of ether oxygens (including phenoxy) is 2. The number of piperidine rings is 1. The Labute approximate surface area is 297 Å². The fourth-order valence-corrected chi connectivity index (χ4v) is 7.53. The van der Waals surface area contributed by atoms with Gasteiger partial charge in [-0.1, -0.05) is 45.0 Å². The minimum Gasteiger partial charge on any atom is -0.496 e. The highest BCUT2D eigenvalue weighted by Gasteiger charge is 2.32. The second-order valence-corrected chi connectivity index (χ2v) is 15.0. The molecule has 0 radical (unpaired) electrons. The first kappa shape index (κ1) is 36.9. The summed E-state index contributed by atoms with van der Waals surface area (Å²) in [7, 11) is 5.15. The van der Waals surface area contributed by atoms with Gasteiger partial charge in [-0.05, 0) is 91.9 Å². The number of nitrogens with zero attached hydrogens (tertiary/aromatic N) is 4. The molecule has 1 aromatic heterocycles. The fraction of sp³-hybridized carbons (Fsp3) is 0.488. The Morgan fingerprint density at radius 1 is 1.10 bits per heavy atom. The number of nitrogens with one attached hydrogen (secondary N) is 1. The average Bonchev–Trinajstić information content (AvgIpc) is 3.10. The number of aromatic nitrogens is 1. The maximum Gasteiger partial charge on any atom is 0.264 e. The second-order valence-electron chi connectivity index (χ2n) is 15.0. The topological polar surface area (TPSA) is 99.8 Å². The maximum absolute atomic E-state index is 13.4. The van der Waals surface area contributed by atoms with Gasteiger partial charge in [-0.25, -0.2) is 0 Å². The van der Waals surface area contributed by atoms with Crippen molar-refractivity contribution >= 4 is 5.91 Å². The molecular weight excluding hydrogens is 626 g/mol. The number of fused-ring (bicyclic) bond motifs is 1. The minimum atomic E-state index is -0.251. The van der Waals surface area contributed by atoms with Crippen LogP contribution in [0.15, 0.2) is 53.0 Å². The standard InChI is InChI=1S/C41H53N5O4/c1-26-27(2)39(47)44(7)25-36(26)30-18-37(49-8)35(38(19-30)50-9)22-43-32-13-11-16-45(24-32)23-29-12-10-14-33-28(3)46(17-15-34(29)33)40(48)31(21-42)20-41(4,5)6/h10,12,14,18-20,25,28,32,43H,11,13,15-17,22-24H2,1-9H3/b31-20+. The molecule has 2 aliphatic heterocycles. The number of hydrogen-bond acceptors (Lipinski definition) is 7. The Morgan fingerprint density at radius 2 is 1.80 bits per heavy atom. The third-order valence-electron chi connectivity index (χ3n) is 10.3. The van der Waals surface area contributed by atoms with Crippen molar-refractivity contribution < 1.29 is 14.3 Å². The molecule has 0 bridgehead atoms. The van der Waals surface area contributed by atoms with Crippen molar-refractivity contribution in [2.45, 2.75) is 86.0 Å². The predicted octanol–water partition coefficient (Wildman–Crippen LogP) is 6.38.